The van der Waals surface area contributed by atoms with E-state index in [1.165, 1.54) is 18.3 Å². The second-order valence-corrected chi connectivity index (χ2v) is 5.74. The van der Waals surface area contributed by atoms with Gasteiger partial charge in [-0.1, -0.05) is 23.7 Å². The molecule has 0 aliphatic rings. The van der Waals surface area contributed by atoms with E-state index >= 15 is 0 Å². The number of hydrazone groups is 1. The number of hydrogen-bond acceptors (Lipinski definition) is 4. The molecule has 2 aromatic carbocycles. The Morgan fingerprint density at radius 1 is 1.43 bits per heavy atom. The van der Waals surface area contributed by atoms with Gasteiger partial charge in [0, 0.05) is 21.1 Å². The smallest absolute Gasteiger partial charge is 0.272 e. The van der Waals surface area contributed by atoms with E-state index in [2.05, 4.69) is 26.5 Å². The standard InChI is InChI=1S/C16H14BrClN2O3/c1-2-23-14-8-11(18)7-10(15(14)21)9-19-20-16(22)12-5-3-4-6-13(12)17/h3-9,21H,2H2,1H3,(H,20,22)/b19-9+. The van der Waals surface area contributed by atoms with E-state index in [4.69, 9.17) is 16.3 Å². The Balaban J connectivity index is 2.15. The van der Waals surface area contributed by atoms with Gasteiger partial charge in [0.15, 0.2) is 11.5 Å². The van der Waals surface area contributed by atoms with Gasteiger partial charge in [0.05, 0.1) is 18.4 Å². The lowest BCUT2D eigenvalue weighted by atomic mass is 10.2. The Hall–Kier alpha value is -2.05. The summed E-state index contributed by atoms with van der Waals surface area (Å²) >= 11 is 9.26. The van der Waals surface area contributed by atoms with Crippen LogP contribution in [0.3, 0.4) is 0 Å². The van der Waals surface area contributed by atoms with E-state index in [0.29, 0.717) is 27.2 Å². The third kappa shape index (κ3) is 4.46. The molecule has 0 unspecified atom stereocenters. The minimum atomic E-state index is -0.375. The lowest BCUT2D eigenvalue weighted by molar-refractivity contribution is 0.0954. The van der Waals surface area contributed by atoms with E-state index in [9.17, 15) is 9.90 Å². The SMILES string of the molecule is CCOc1cc(Cl)cc(/C=N/NC(=O)c2ccccc2Br)c1O. The highest BCUT2D eigenvalue weighted by Crippen LogP contribution is 2.32. The molecule has 120 valence electrons. The lowest BCUT2D eigenvalue weighted by Gasteiger charge is -2.08. The van der Waals surface area contributed by atoms with Gasteiger partial charge >= 0.3 is 0 Å². The molecule has 2 rings (SSSR count). The zero-order valence-electron chi connectivity index (χ0n) is 12.2. The second-order valence-electron chi connectivity index (χ2n) is 4.45. The molecule has 0 aromatic heterocycles. The number of phenolic OH excluding ortho intramolecular Hbond substituents is 1. The van der Waals surface area contributed by atoms with Crippen LogP contribution in [-0.4, -0.2) is 23.8 Å². The average Bonchev–Trinajstić information content (AvgIpc) is 2.52. The predicted octanol–water partition coefficient (Wildman–Crippen LogP) is 3.97. The monoisotopic (exact) mass is 396 g/mol. The number of benzene rings is 2. The van der Waals surface area contributed by atoms with Gasteiger partial charge in [-0.25, -0.2) is 5.43 Å². The first kappa shape index (κ1) is 17.3. The summed E-state index contributed by atoms with van der Waals surface area (Å²) in [6, 6.07) is 10.0. The third-order valence-electron chi connectivity index (χ3n) is 2.86. The van der Waals surface area contributed by atoms with Crippen molar-refractivity contribution in [1.29, 1.82) is 0 Å². The molecule has 0 aliphatic heterocycles. The number of hydrogen-bond donors (Lipinski definition) is 2. The van der Waals surface area contributed by atoms with E-state index in [1.807, 2.05) is 6.07 Å². The Morgan fingerprint density at radius 2 is 2.17 bits per heavy atom. The second kappa shape index (κ2) is 7.99. The number of phenols is 1. The van der Waals surface area contributed by atoms with Gasteiger partial charge in [-0.3, -0.25) is 4.79 Å². The van der Waals surface area contributed by atoms with Gasteiger partial charge in [0.25, 0.3) is 5.91 Å². The highest BCUT2D eigenvalue weighted by molar-refractivity contribution is 9.10. The Morgan fingerprint density at radius 3 is 2.87 bits per heavy atom. The highest BCUT2D eigenvalue weighted by atomic mass is 79.9. The Kier molecular flexibility index (Phi) is 6.01. The van der Waals surface area contributed by atoms with Crippen molar-refractivity contribution in [3.8, 4) is 11.5 Å². The molecule has 0 atom stereocenters. The summed E-state index contributed by atoms with van der Waals surface area (Å²) in [7, 11) is 0. The molecule has 0 aliphatic carbocycles. The van der Waals surface area contributed by atoms with E-state index in [1.54, 1.807) is 25.1 Å². The number of carbonyl (C=O) groups is 1. The number of rotatable bonds is 5. The van der Waals surface area contributed by atoms with Crippen molar-refractivity contribution in [2.24, 2.45) is 5.10 Å². The highest BCUT2D eigenvalue weighted by Gasteiger charge is 2.10. The summed E-state index contributed by atoms with van der Waals surface area (Å²) in [5, 5.41) is 14.3. The van der Waals surface area contributed by atoms with Gasteiger partial charge in [-0.15, -0.1) is 0 Å². The van der Waals surface area contributed by atoms with Crippen molar-refractivity contribution in [2.45, 2.75) is 6.92 Å². The first-order valence-electron chi connectivity index (χ1n) is 6.76. The molecule has 7 heteroatoms. The minimum absolute atomic E-state index is 0.0878. The Bertz CT molecular complexity index is 750. The van der Waals surface area contributed by atoms with Gasteiger partial charge < -0.3 is 9.84 Å². The molecule has 0 bridgehead atoms. The van der Waals surface area contributed by atoms with Gasteiger partial charge in [-0.05, 0) is 41.1 Å². The molecule has 1 amide bonds. The molecule has 2 N–H and O–H groups in total. The van der Waals surface area contributed by atoms with Crippen LogP contribution >= 0.6 is 27.5 Å². The fraction of sp³-hybridized carbons (Fsp3) is 0.125. The van der Waals surface area contributed by atoms with Crippen LogP contribution in [0.2, 0.25) is 5.02 Å². The third-order valence-corrected chi connectivity index (χ3v) is 3.77. The minimum Gasteiger partial charge on any atom is -0.504 e. The quantitative estimate of drug-likeness (QED) is 0.592. The summed E-state index contributed by atoms with van der Waals surface area (Å²) in [4.78, 5) is 12.0. The molecule has 0 fully saturated rings. The molecule has 0 heterocycles. The zero-order valence-corrected chi connectivity index (χ0v) is 14.6. The molecule has 0 saturated carbocycles. The van der Waals surface area contributed by atoms with Crippen LogP contribution in [0.25, 0.3) is 0 Å². The van der Waals surface area contributed by atoms with Crippen LogP contribution in [0.4, 0.5) is 0 Å². The molecule has 0 spiro atoms. The number of nitrogens with one attached hydrogen (secondary N) is 1. The number of ether oxygens (including phenoxy) is 1. The lowest BCUT2D eigenvalue weighted by Crippen LogP contribution is -2.18. The molecule has 23 heavy (non-hydrogen) atoms. The maximum atomic E-state index is 12.0. The summed E-state index contributed by atoms with van der Waals surface area (Å²) in [5.41, 5.74) is 3.19. The summed E-state index contributed by atoms with van der Waals surface area (Å²) in [6.07, 6.45) is 1.30. The van der Waals surface area contributed by atoms with E-state index in [0.717, 1.165) is 0 Å². The van der Waals surface area contributed by atoms with Crippen molar-refractivity contribution in [3.05, 3.63) is 57.0 Å². The number of halogens is 2. The number of nitrogens with zero attached hydrogens (tertiary/aromatic N) is 1. The summed E-state index contributed by atoms with van der Waals surface area (Å²) in [6.45, 7) is 2.19. The van der Waals surface area contributed by atoms with Crippen LogP contribution in [0.5, 0.6) is 11.5 Å². The van der Waals surface area contributed by atoms with Crippen LogP contribution in [-0.2, 0) is 0 Å². The predicted molar refractivity (Wildman–Crippen MR) is 93.5 cm³/mol. The largest absolute Gasteiger partial charge is 0.504 e. The normalized spacial score (nSPS) is 10.7. The fourth-order valence-corrected chi connectivity index (χ4v) is 2.51. The van der Waals surface area contributed by atoms with Crippen LogP contribution in [0.15, 0.2) is 46.0 Å². The van der Waals surface area contributed by atoms with Crippen molar-refractivity contribution < 1.29 is 14.6 Å². The number of amides is 1. The summed E-state index contributed by atoms with van der Waals surface area (Å²) < 4.78 is 5.94. The van der Waals surface area contributed by atoms with Crippen LogP contribution in [0, 0.1) is 0 Å². The molecule has 2 aromatic rings. The fourth-order valence-electron chi connectivity index (χ4n) is 1.82. The first-order chi connectivity index (χ1) is 11.0. The van der Waals surface area contributed by atoms with Gasteiger partial charge in [-0.2, -0.15) is 5.10 Å². The number of aromatic hydroxyl groups is 1. The van der Waals surface area contributed by atoms with Crippen LogP contribution < -0.4 is 10.2 Å². The Labute approximate surface area is 147 Å². The maximum Gasteiger partial charge on any atom is 0.272 e. The van der Waals surface area contributed by atoms with E-state index < -0.39 is 0 Å². The maximum absolute atomic E-state index is 12.0. The molecular weight excluding hydrogens is 384 g/mol. The van der Waals surface area contributed by atoms with Gasteiger partial charge in [0.1, 0.15) is 0 Å². The summed E-state index contributed by atoms with van der Waals surface area (Å²) in [5.74, 6) is -0.200. The van der Waals surface area contributed by atoms with Crippen molar-refractivity contribution in [3.63, 3.8) is 0 Å². The molecule has 0 saturated heterocycles. The molecule has 5 nitrogen and oxygen atoms in total. The van der Waals surface area contributed by atoms with Crippen molar-refractivity contribution in [1.82, 2.24) is 5.43 Å². The molecule has 0 radical (unpaired) electrons. The van der Waals surface area contributed by atoms with Crippen LogP contribution in [0.1, 0.15) is 22.8 Å². The molecular formula is C16H14BrClN2O3. The van der Waals surface area contributed by atoms with Crippen molar-refractivity contribution >= 4 is 39.7 Å². The van der Waals surface area contributed by atoms with Gasteiger partial charge in [0.2, 0.25) is 0 Å². The van der Waals surface area contributed by atoms with Crippen molar-refractivity contribution in [2.75, 3.05) is 6.61 Å². The number of carbonyl (C=O) groups excluding carboxylic acids is 1. The zero-order chi connectivity index (χ0) is 16.8. The first-order valence-corrected chi connectivity index (χ1v) is 7.93. The topological polar surface area (TPSA) is 70.9 Å². The van der Waals surface area contributed by atoms with E-state index in [-0.39, 0.29) is 17.4 Å². The average molecular weight is 398 g/mol.